The Morgan fingerprint density at radius 2 is 2.13 bits per heavy atom. The largest absolute Gasteiger partial charge is 0.355 e. The zero-order valence-corrected chi connectivity index (χ0v) is 9.59. The van der Waals surface area contributed by atoms with Crippen molar-refractivity contribution in [2.24, 2.45) is 0 Å². The van der Waals surface area contributed by atoms with E-state index in [1.807, 2.05) is 23.9 Å². The molecule has 0 aromatic carbocycles. The van der Waals surface area contributed by atoms with E-state index in [1.165, 1.54) is 0 Å². The summed E-state index contributed by atoms with van der Waals surface area (Å²) in [5.74, 6) is 3.38. The van der Waals surface area contributed by atoms with Crippen LogP contribution in [0.2, 0.25) is 0 Å². The molecule has 0 bridgehead atoms. The molecule has 0 spiro atoms. The van der Waals surface area contributed by atoms with Gasteiger partial charge in [0.15, 0.2) is 5.78 Å². The molecule has 1 aromatic heterocycles. The summed E-state index contributed by atoms with van der Waals surface area (Å²) in [6.07, 6.45) is 1.67. The van der Waals surface area contributed by atoms with Gasteiger partial charge in [-0.05, 0) is 19.1 Å². The highest BCUT2D eigenvalue weighted by molar-refractivity contribution is 7.99. The predicted molar refractivity (Wildman–Crippen MR) is 63.8 cm³/mol. The standard InChI is InChI=1S/C11H14N2OS/c1-9(14)10-2-3-11(12-8-10)13-4-6-15-7-5-13/h2-3,8H,4-7H2,1H3. The maximum absolute atomic E-state index is 11.1. The van der Waals surface area contributed by atoms with E-state index in [4.69, 9.17) is 0 Å². The van der Waals surface area contributed by atoms with Crippen molar-refractivity contribution < 1.29 is 4.79 Å². The van der Waals surface area contributed by atoms with Crippen LogP contribution in [0.3, 0.4) is 0 Å². The van der Waals surface area contributed by atoms with Crippen LogP contribution in [-0.2, 0) is 0 Å². The molecule has 1 saturated heterocycles. The van der Waals surface area contributed by atoms with Crippen LogP contribution in [0, 0.1) is 0 Å². The predicted octanol–water partition coefficient (Wildman–Crippen LogP) is 1.84. The van der Waals surface area contributed by atoms with E-state index in [0.29, 0.717) is 5.56 Å². The Bertz CT molecular complexity index is 344. The first-order valence-electron chi connectivity index (χ1n) is 5.07. The number of aromatic nitrogens is 1. The average molecular weight is 222 g/mol. The highest BCUT2D eigenvalue weighted by Gasteiger charge is 2.12. The maximum atomic E-state index is 11.1. The third-order valence-corrected chi connectivity index (χ3v) is 3.43. The van der Waals surface area contributed by atoms with Crippen molar-refractivity contribution in [2.45, 2.75) is 6.92 Å². The number of thioether (sulfide) groups is 1. The minimum atomic E-state index is 0.0725. The van der Waals surface area contributed by atoms with Crippen molar-refractivity contribution in [2.75, 3.05) is 29.5 Å². The van der Waals surface area contributed by atoms with E-state index >= 15 is 0 Å². The topological polar surface area (TPSA) is 33.2 Å². The average Bonchev–Trinajstić information content (AvgIpc) is 2.30. The van der Waals surface area contributed by atoms with Crippen molar-refractivity contribution in [1.29, 1.82) is 0 Å². The first kappa shape index (κ1) is 10.5. The van der Waals surface area contributed by atoms with Crippen LogP contribution in [0.15, 0.2) is 18.3 Å². The van der Waals surface area contributed by atoms with Crippen LogP contribution < -0.4 is 4.90 Å². The molecule has 15 heavy (non-hydrogen) atoms. The number of Topliss-reactive ketones (excluding diaryl/α,β-unsaturated/α-hetero) is 1. The van der Waals surface area contributed by atoms with Gasteiger partial charge in [-0.1, -0.05) is 0 Å². The zero-order chi connectivity index (χ0) is 10.7. The molecule has 2 rings (SSSR count). The van der Waals surface area contributed by atoms with Crippen molar-refractivity contribution in [1.82, 2.24) is 4.98 Å². The highest BCUT2D eigenvalue weighted by Crippen LogP contribution is 2.17. The monoisotopic (exact) mass is 222 g/mol. The molecule has 1 aliphatic heterocycles. The number of pyridine rings is 1. The number of ketones is 1. The quantitative estimate of drug-likeness (QED) is 0.715. The molecule has 2 heterocycles. The zero-order valence-electron chi connectivity index (χ0n) is 8.77. The first-order chi connectivity index (χ1) is 7.27. The van der Waals surface area contributed by atoms with E-state index in [0.717, 1.165) is 30.4 Å². The highest BCUT2D eigenvalue weighted by atomic mass is 32.2. The Hall–Kier alpha value is -1.03. The maximum Gasteiger partial charge on any atom is 0.161 e. The molecule has 0 aliphatic carbocycles. The van der Waals surface area contributed by atoms with E-state index < -0.39 is 0 Å². The fraction of sp³-hybridized carbons (Fsp3) is 0.455. The van der Waals surface area contributed by atoms with Gasteiger partial charge in [0.1, 0.15) is 5.82 Å². The van der Waals surface area contributed by atoms with E-state index in [-0.39, 0.29) is 5.78 Å². The number of hydrogen-bond acceptors (Lipinski definition) is 4. The Morgan fingerprint density at radius 3 is 2.67 bits per heavy atom. The van der Waals surface area contributed by atoms with Gasteiger partial charge < -0.3 is 4.90 Å². The molecule has 0 radical (unpaired) electrons. The number of rotatable bonds is 2. The summed E-state index contributed by atoms with van der Waals surface area (Å²) in [7, 11) is 0. The second-order valence-electron chi connectivity index (χ2n) is 3.56. The van der Waals surface area contributed by atoms with Gasteiger partial charge in [-0.15, -0.1) is 0 Å². The Labute approximate surface area is 93.9 Å². The summed E-state index contributed by atoms with van der Waals surface area (Å²) in [6.45, 7) is 3.67. The van der Waals surface area contributed by atoms with E-state index in [2.05, 4.69) is 9.88 Å². The minimum Gasteiger partial charge on any atom is -0.355 e. The minimum absolute atomic E-state index is 0.0725. The molecule has 0 saturated carbocycles. The summed E-state index contributed by atoms with van der Waals surface area (Å²) in [5, 5.41) is 0. The fourth-order valence-corrected chi connectivity index (χ4v) is 2.48. The third-order valence-electron chi connectivity index (χ3n) is 2.49. The lowest BCUT2D eigenvalue weighted by Gasteiger charge is -2.27. The molecule has 1 aliphatic rings. The van der Waals surface area contributed by atoms with Crippen molar-refractivity contribution >= 4 is 23.4 Å². The van der Waals surface area contributed by atoms with Gasteiger partial charge in [0.05, 0.1) is 0 Å². The first-order valence-corrected chi connectivity index (χ1v) is 6.22. The van der Waals surface area contributed by atoms with Gasteiger partial charge >= 0.3 is 0 Å². The molecule has 80 valence electrons. The summed E-state index contributed by atoms with van der Waals surface area (Å²) in [5.41, 5.74) is 0.685. The van der Waals surface area contributed by atoms with Crippen LogP contribution >= 0.6 is 11.8 Å². The second-order valence-corrected chi connectivity index (χ2v) is 4.79. The molecule has 0 unspecified atom stereocenters. The van der Waals surface area contributed by atoms with Crippen molar-refractivity contribution in [3.8, 4) is 0 Å². The number of carbonyl (C=O) groups is 1. The van der Waals surface area contributed by atoms with Gasteiger partial charge in [-0.3, -0.25) is 4.79 Å². The SMILES string of the molecule is CC(=O)c1ccc(N2CCSCC2)nc1. The van der Waals surface area contributed by atoms with Gasteiger partial charge in [-0.25, -0.2) is 4.98 Å². The van der Waals surface area contributed by atoms with Crippen LogP contribution in [0.25, 0.3) is 0 Å². The fourth-order valence-electron chi connectivity index (χ4n) is 1.57. The van der Waals surface area contributed by atoms with Crippen molar-refractivity contribution in [3.63, 3.8) is 0 Å². The van der Waals surface area contributed by atoms with Gasteiger partial charge in [0.25, 0.3) is 0 Å². The van der Waals surface area contributed by atoms with Gasteiger partial charge in [-0.2, -0.15) is 11.8 Å². The molecule has 3 nitrogen and oxygen atoms in total. The summed E-state index contributed by atoms with van der Waals surface area (Å²) in [6, 6.07) is 3.79. The Kier molecular flexibility index (Phi) is 3.26. The molecule has 0 N–H and O–H groups in total. The summed E-state index contributed by atoms with van der Waals surface area (Å²) < 4.78 is 0. The van der Waals surface area contributed by atoms with Crippen LogP contribution in [0.1, 0.15) is 17.3 Å². The summed E-state index contributed by atoms with van der Waals surface area (Å²) in [4.78, 5) is 17.7. The van der Waals surface area contributed by atoms with Crippen LogP contribution in [-0.4, -0.2) is 35.4 Å². The summed E-state index contributed by atoms with van der Waals surface area (Å²) >= 11 is 1.98. The van der Waals surface area contributed by atoms with E-state index in [1.54, 1.807) is 13.1 Å². The molecule has 1 aromatic rings. The Morgan fingerprint density at radius 1 is 1.40 bits per heavy atom. The van der Waals surface area contributed by atoms with Crippen LogP contribution in [0.4, 0.5) is 5.82 Å². The van der Waals surface area contributed by atoms with Crippen molar-refractivity contribution in [3.05, 3.63) is 23.9 Å². The van der Waals surface area contributed by atoms with E-state index in [9.17, 15) is 4.79 Å². The molecular formula is C11H14N2OS. The molecule has 4 heteroatoms. The number of nitrogens with zero attached hydrogens (tertiary/aromatic N) is 2. The lowest BCUT2D eigenvalue weighted by Crippen LogP contribution is -2.33. The van der Waals surface area contributed by atoms with Crippen LogP contribution in [0.5, 0.6) is 0 Å². The lowest BCUT2D eigenvalue weighted by molar-refractivity contribution is 0.101. The Balaban J connectivity index is 2.11. The third kappa shape index (κ3) is 2.50. The second kappa shape index (κ2) is 4.66. The normalized spacial score (nSPS) is 16.5. The van der Waals surface area contributed by atoms with Gasteiger partial charge in [0.2, 0.25) is 0 Å². The molecular weight excluding hydrogens is 208 g/mol. The lowest BCUT2D eigenvalue weighted by atomic mass is 10.2. The molecule has 0 atom stereocenters. The number of anilines is 1. The van der Waals surface area contributed by atoms with Gasteiger partial charge in [0, 0.05) is 36.4 Å². The molecule has 0 amide bonds. The smallest absolute Gasteiger partial charge is 0.161 e. The molecule has 1 fully saturated rings. The number of carbonyl (C=O) groups excluding carboxylic acids is 1. The number of hydrogen-bond donors (Lipinski definition) is 0.